The molecular formula is C19H33N3O. The van der Waals surface area contributed by atoms with Crippen molar-refractivity contribution in [3.63, 3.8) is 0 Å². The summed E-state index contributed by atoms with van der Waals surface area (Å²) in [4.78, 5) is 9.61. The molecule has 2 heterocycles. The second-order valence-corrected chi connectivity index (χ2v) is 6.60. The lowest BCUT2D eigenvalue weighted by Gasteiger charge is -2.38. The monoisotopic (exact) mass is 319 g/mol. The average molecular weight is 319 g/mol. The van der Waals surface area contributed by atoms with Crippen molar-refractivity contribution in [2.24, 2.45) is 0 Å². The van der Waals surface area contributed by atoms with Crippen molar-refractivity contribution < 1.29 is 4.74 Å². The highest BCUT2D eigenvalue weighted by Crippen LogP contribution is 2.25. The smallest absolute Gasteiger partial charge is 0.128 e. The number of ether oxygens (including phenoxy) is 1. The molecule has 0 spiro atoms. The van der Waals surface area contributed by atoms with E-state index in [0.29, 0.717) is 6.04 Å². The maximum atomic E-state index is 6.05. The first-order valence-electron chi connectivity index (χ1n) is 9.26. The van der Waals surface area contributed by atoms with E-state index in [9.17, 15) is 0 Å². The second kappa shape index (κ2) is 9.24. The molecule has 0 amide bonds. The Labute approximate surface area is 141 Å². The topological polar surface area (TPSA) is 28.6 Å². The van der Waals surface area contributed by atoms with Crippen molar-refractivity contribution in [1.29, 1.82) is 0 Å². The molecule has 23 heavy (non-hydrogen) atoms. The van der Waals surface area contributed by atoms with Crippen LogP contribution >= 0.6 is 0 Å². The van der Waals surface area contributed by atoms with Crippen LogP contribution in [0.5, 0.6) is 0 Å². The summed E-state index contributed by atoms with van der Waals surface area (Å²) in [6.45, 7) is 14.0. The van der Waals surface area contributed by atoms with E-state index in [1.807, 2.05) is 6.20 Å². The van der Waals surface area contributed by atoms with Crippen LogP contribution in [0.2, 0.25) is 0 Å². The first kappa shape index (κ1) is 18.2. The van der Waals surface area contributed by atoms with E-state index in [4.69, 9.17) is 9.72 Å². The molecule has 130 valence electrons. The molecule has 1 unspecified atom stereocenters. The van der Waals surface area contributed by atoms with Crippen molar-refractivity contribution in [2.45, 2.75) is 59.1 Å². The van der Waals surface area contributed by atoms with Gasteiger partial charge in [0.1, 0.15) is 5.82 Å². The fourth-order valence-corrected chi connectivity index (χ4v) is 3.26. The second-order valence-electron chi connectivity index (χ2n) is 6.60. The van der Waals surface area contributed by atoms with Crippen LogP contribution in [0.3, 0.4) is 0 Å². The fraction of sp³-hybridized carbons (Fsp3) is 0.737. The molecule has 0 N–H and O–H groups in total. The van der Waals surface area contributed by atoms with Crippen LogP contribution in [-0.2, 0) is 4.74 Å². The molecule has 0 saturated carbocycles. The Morgan fingerprint density at radius 3 is 2.48 bits per heavy atom. The van der Waals surface area contributed by atoms with E-state index in [2.05, 4.69) is 49.6 Å². The van der Waals surface area contributed by atoms with Crippen LogP contribution < -0.4 is 4.90 Å². The zero-order valence-electron chi connectivity index (χ0n) is 15.3. The summed E-state index contributed by atoms with van der Waals surface area (Å²) >= 11 is 0. The number of aromatic nitrogens is 1. The SMILES string of the molecule is CCCN(CCC)c1ccc(C2CN(CCC)[C@@H](C)CO2)cn1. The normalized spacial score (nSPS) is 22.3. The Morgan fingerprint density at radius 2 is 1.91 bits per heavy atom. The Kier molecular flexibility index (Phi) is 7.31. The van der Waals surface area contributed by atoms with Crippen molar-refractivity contribution in [1.82, 2.24) is 9.88 Å². The maximum absolute atomic E-state index is 6.05. The minimum Gasteiger partial charge on any atom is -0.371 e. The summed E-state index contributed by atoms with van der Waals surface area (Å²) in [5.41, 5.74) is 1.20. The van der Waals surface area contributed by atoms with Crippen LogP contribution in [0.25, 0.3) is 0 Å². The number of rotatable bonds is 8. The molecule has 1 aromatic rings. The van der Waals surface area contributed by atoms with Gasteiger partial charge >= 0.3 is 0 Å². The standard InChI is InChI=1S/C19H33N3O/c1-5-10-21(11-6-2)19-9-8-17(13-20-19)18-14-22(12-7-3)16(4)15-23-18/h8-9,13,16,18H,5-7,10-12,14-15H2,1-4H3/t16-,18?/m0/s1. The Bertz CT molecular complexity index is 442. The van der Waals surface area contributed by atoms with Crippen molar-refractivity contribution in [2.75, 3.05) is 37.7 Å². The van der Waals surface area contributed by atoms with Gasteiger partial charge in [-0.05, 0) is 38.8 Å². The number of hydrogen-bond donors (Lipinski definition) is 0. The predicted molar refractivity (Wildman–Crippen MR) is 97.1 cm³/mol. The summed E-state index contributed by atoms with van der Waals surface area (Å²) in [5.74, 6) is 1.09. The Morgan fingerprint density at radius 1 is 1.17 bits per heavy atom. The number of morpholine rings is 1. The van der Waals surface area contributed by atoms with E-state index < -0.39 is 0 Å². The largest absolute Gasteiger partial charge is 0.371 e. The molecule has 1 aromatic heterocycles. The third-order valence-corrected chi connectivity index (χ3v) is 4.53. The van der Waals surface area contributed by atoms with Gasteiger partial charge in [0.15, 0.2) is 0 Å². The molecule has 1 fully saturated rings. The van der Waals surface area contributed by atoms with Crippen LogP contribution in [-0.4, -0.2) is 48.7 Å². The van der Waals surface area contributed by atoms with Gasteiger partial charge in [-0.3, -0.25) is 4.90 Å². The summed E-state index contributed by atoms with van der Waals surface area (Å²) in [6, 6.07) is 4.88. The Balaban J connectivity index is 2.03. The van der Waals surface area contributed by atoms with Crippen LogP contribution in [0.4, 0.5) is 5.82 Å². The highest BCUT2D eigenvalue weighted by molar-refractivity contribution is 5.39. The highest BCUT2D eigenvalue weighted by Gasteiger charge is 2.26. The summed E-state index contributed by atoms with van der Waals surface area (Å²) in [7, 11) is 0. The number of pyridine rings is 1. The lowest BCUT2D eigenvalue weighted by atomic mass is 10.1. The quantitative estimate of drug-likeness (QED) is 0.727. The summed E-state index contributed by atoms with van der Waals surface area (Å²) < 4.78 is 6.05. The minimum absolute atomic E-state index is 0.158. The first-order chi connectivity index (χ1) is 11.2. The summed E-state index contributed by atoms with van der Waals surface area (Å²) in [6.07, 6.45) is 5.67. The maximum Gasteiger partial charge on any atom is 0.128 e. The van der Waals surface area contributed by atoms with E-state index in [1.165, 1.54) is 12.0 Å². The first-order valence-corrected chi connectivity index (χ1v) is 9.26. The molecule has 0 bridgehead atoms. The van der Waals surface area contributed by atoms with Crippen molar-refractivity contribution in [3.8, 4) is 0 Å². The van der Waals surface area contributed by atoms with Gasteiger partial charge in [0.2, 0.25) is 0 Å². The third kappa shape index (κ3) is 4.92. The van der Waals surface area contributed by atoms with Gasteiger partial charge in [0.05, 0.1) is 12.7 Å². The number of hydrogen-bond acceptors (Lipinski definition) is 4. The highest BCUT2D eigenvalue weighted by atomic mass is 16.5. The average Bonchev–Trinajstić information content (AvgIpc) is 2.57. The molecule has 0 aliphatic carbocycles. The van der Waals surface area contributed by atoms with E-state index in [0.717, 1.165) is 51.4 Å². The molecule has 4 heteroatoms. The van der Waals surface area contributed by atoms with Gasteiger partial charge in [0, 0.05) is 37.4 Å². The molecule has 0 aromatic carbocycles. The molecule has 1 aliphatic rings. The number of nitrogens with zero attached hydrogens (tertiary/aromatic N) is 3. The van der Waals surface area contributed by atoms with Gasteiger partial charge < -0.3 is 9.64 Å². The lowest BCUT2D eigenvalue weighted by molar-refractivity contribution is -0.0599. The van der Waals surface area contributed by atoms with Gasteiger partial charge in [-0.2, -0.15) is 0 Å². The van der Waals surface area contributed by atoms with E-state index >= 15 is 0 Å². The van der Waals surface area contributed by atoms with Crippen LogP contribution in [0, 0.1) is 0 Å². The molecule has 2 atom stereocenters. The van der Waals surface area contributed by atoms with E-state index in [1.54, 1.807) is 0 Å². The van der Waals surface area contributed by atoms with Crippen molar-refractivity contribution in [3.05, 3.63) is 23.9 Å². The number of anilines is 1. The zero-order chi connectivity index (χ0) is 16.7. The predicted octanol–water partition coefficient (Wildman–Crippen LogP) is 3.88. The molecule has 4 nitrogen and oxygen atoms in total. The molecule has 2 rings (SSSR count). The molecular weight excluding hydrogens is 286 g/mol. The lowest BCUT2D eigenvalue weighted by Crippen LogP contribution is -2.45. The fourth-order valence-electron chi connectivity index (χ4n) is 3.26. The van der Waals surface area contributed by atoms with E-state index in [-0.39, 0.29) is 6.10 Å². The van der Waals surface area contributed by atoms with Crippen LogP contribution in [0.1, 0.15) is 58.6 Å². The molecule has 1 saturated heterocycles. The van der Waals surface area contributed by atoms with Gasteiger partial charge in [-0.1, -0.05) is 26.8 Å². The zero-order valence-corrected chi connectivity index (χ0v) is 15.3. The van der Waals surface area contributed by atoms with Crippen molar-refractivity contribution >= 4 is 5.82 Å². The van der Waals surface area contributed by atoms with Gasteiger partial charge in [0.25, 0.3) is 0 Å². The minimum atomic E-state index is 0.158. The van der Waals surface area contributed by atoms with Gasteiger partial charge in [-0.25, -0.2) is 4.98 Å². The summed E-state index contributed by atoms with van der Waals surface area (Å²) in [5, 5.41) is 0. The Hall–Kier alpha value is -1.13. The van der Waals surface area contributed by atoms with Crippen LogP contribution in [0.15, 0.2) is 18.3 Å². The van der Waals surface area contributed by atoms with Gasteiger partial charge in [-0.15, -0.1) is 0 Å². The molecule has 1 aliphatic heterocycles. The molecule has 0 radical (unpaired) electrons. The third-order valence-electron chi connectivity index (χ3n) is 4.53.